The predicted octanol–water partition coefficient (Wildman–Crippen LogP) is 3.31. The second kappa shape index (κ2) is 6.56. The molecule has 0 amide bonds. The van der Waals surface area contributed by atoms with Crippen molar-refractivity contribution in [3.05, 3.63) is 39.6 Å². The quantitative estimate of drug-likeness (QED) is 0.913. The zero-order chi connectivity index (χ0) is 15.6. The number of aliphatic hydroxyl groups excluding tert-OH is 1. The third-order valence-corrected chi connectivity index (χ3v) is 3.88. The third kappa shape index (κ3) is 2.81. The molecule has 1 unspecified atom stereocenters. The molecule has 1 aromatic heterocycles. The van der Waals surface area contributed by atoms with Crippen molar-refractivity contribution in [3.63, 3.8) is 0 Å². The maximum Gasteiger partial charge on any atom is 0.179 e. The molecular formula is C14H16Cl2N2O3. The first-order valence-electron chi connectivity index (χ1n) is 6.34. The first-order chi connectivity index (χ1) is 10.0. The average molecular weight is 331 g/mol. The van der Waals surface area contributed by atoms with Gasteiger partial charge in [0.25, 0.3) is 0 Å². The highest BCUT2D eigenvalue weighted by Gasteiger charge is 2.24. The lowest BCUT2D eigenvalue weighted by molar-refractivity contribution is 0.207. The van der Waals surface area contributed by atoms with Gasteiger partial charge >= 0.3 is 0 Å². The molecule has 0 saturated heterocycles. The molecule has 1 heterocycles. The van der Waals surface area contributed by atoms with Gasteiger partial charge < -0.3 is 14.6 Å². The average Bonchev–Trinajstić information content (AvgIpc) is 2.86. The highest BCUT2D eigenvalue weighted by molar-refractivity contribution is 6.33. The van der Waals surface area contributed by atoms with Crippen LogP contribution in [0.25, 0.3) is 0 Å². The standard InChI is InChI=1S/C14H16Cl2N2O3/c1-4-18-12(9(15)7-17-18)13(19)8-5-6-10(20-2)14(21-3)11(8)16/h5-7,13,19H,4H2,1-3H3. The number of halogens is 2. The summed E-state index contributed by atoms with van der Waals surface area (Å²) in [6.45, 7) is 2.50. The maximum absolute atomic E-state index is 10.6. The van der Waals surface area contributed by atoms with Gasteiger partial charge in [-0.05, 0) is 13.0 Å². The van der Waals surface area contributed by atoms with E-state index in [1.807, 2.05) is 6.92 Å². The number of hydrogen-bond donors (Lipinski definition) is 1. The Bertz CT molecular complexity index is 643. The van der Waals surface area contributed by atoms with Gasteiger partial charge in [0.05, 0.1) is 36.2 Å². The molecule has 114 valence electrons. The van der Waals surface area contributed by atoms with Crippen LogP contribution in [-0.4, -0.2) is 29.1 Å². The van der Waals surface area contributed by atoms with Crippen molar-refractivity contribution in [1.29, 1.82) is 0 Å². The van der Waals surface area contributed by atoms with Gasteiger partial charge in [0.1, 0.15) is 6.10 Å². The van der Waals surface area contributed by atoms with E-state index < -0.39 is 6.10 Å². The van der Waals surface area contributed by atoms with Gasteiger partial charge in [-0.15, -0.1) is 0 Å². The Morgan fingerprint density at radius 2 is 2.00 bits per heavy atom. The Morgan fingerprint density at radius 3 is 2.57 bits per heavy atom. The minimum absolute atomic E-state index is 0.282. The summed E-state index contributed by atoms with van der Waals surface area (Å²) in [6, 6.07) is 3.36. The summed E-state index contributed by atoms with van der Waals surface area (Å²) in [5.41, 5.74) is 0.972. The fraction of sp³-hybridized carbons (Fsp3) is 0.357. The Balaban J connectivity index is 2.53. The number of ether oxygens (including phenoxy) is 2. The molecule has 7 heteroatoms. The lowest BCUT2D eigenvalue weighted by atomic mass is 10.1. The van der Waals surface area contributed by atoms with Crippen molar-refractivity contribution in [2.45, 2.75) is 19.6 Å². The summed E-state index contributed by atoms with van der Waals surface area (Å²) in [6.07, 6.45) is 0.491. The molecule has 1 atom stereocenters. The lowest BCUT2D eigenvalue weighted by Crippen LogP contribution is -2.10. The second-order valence-electron chi connectivity index (χ2n) is 4.30. The summed E-state index contributed by atoms with van der Waals surface area (Å²) in [4.78, 5) is 0. The molecule has 5 nitrogen and oxygen atoms in total. The molecule has 0 fully saturated rings. The number of hydrogen-bond acceptors (Lipinski definition) is 4. The van der Waals surface area contributed by atoms with Crippen LogP contribution in [0.15, 0.2) is 18.3 Å². The lowest BCUT2D eigenvalue weighted by Gasteiger charge is -2.18. The Morgan fingerprint density at radius 1 is 1.29 bits per heavy atom. The van der Waals surface area contributed by atoms with Gasteiger partial charge in [-0.3, -0.25) is 4.68 Å². The van der Waals surface area contributed by atoms with Crippen molar-refractivity contribution in [1.82, 2.24) is 9.78 Å². The molecule has 0 aliphatic heterocycles. The van der Waals surface area contributed by atoms with Crippen LogP contribution in [0, 0.1) is 0 Å². The Hall–Kier alpha value is -1.43. The van der Waals surface area contributed by atoms with E-state index in [2.05, 4.69) is 5.10 Å². The van der Waals surface area contributed by atoms with Crippen LogP contribution in [0.1, 0.15) is 24.3 Å². The predicted molar refractivity (Wildman–Crippen MR) is 81.5 cm³/mol. The maximum atomic E-state index is 10.6. The van der Waals surface area contributed by atoms with Gasteiger partial charge in [0.15, 0.2) is 11.5 Å². The van der Waals surface area contributed by atoms with E-state index in [0.717, 1.165) is 0 Å². The fourth-order valence-electron chi connectivity index (χ4n) is 2.16. The topological polar surface area (TPSA) is 56.5 Å². The van der Waals surface area contributed by atoms with E-state index in [4.69, 9.17) is 32.7 Å². The van der Waals surface area contributed by atoms with Crippen LogP contribution >= 0.6 is 23.2 Å². The SMILES string of the molecule is CCn1ncc(Cl)c1C(O)c1ccc(OC)c(OC)c1Cl. The van der Waals surface area contributed by atoms with Crippen molar-refractivity contribution in [3.8, 4) is 11.5 Å². The van der Waals surface area contributed by atoms with Gasteiger partial charge in [-0.2, -0.15) is 5.10 Å². The molecule has 21 heavy (non-hydrogen) atoms. The number of benzene rings is 1. The van der Waals surface area contributed by atoms with Crippen LogP contribution in [0.4, 0.5) is 0 Å². The number of aromatic nitrogens is 2. The van der Waals surface area contributed by atoms with Gasteiger partial charge in [-0.25, -0.2) is 0 Å². The van der Waals surface area contributed by atoms with Crippen LogP contribution < -0.4 is 9.47 Å². The van der Waals surface area contributed by atoms with E-state index in [1.54, 1.807) is 16.8 Å². The number of aryl methyl sites for hydroxylation is 1. The van der Waals surface area contributed by atoms with Crippen molar-refractivity contribution in [2.24, 2.45) is 0 Å². The highest BCUT2D eigenvalue weighted by atomic mass is 35.5. The molecule has 1 N–H and O–H groups in total. The Labute approximate surface area is 133 Å². The summed E-state index contributed by atoms with van der Waals surface area (Å²) in [5.74, 6) is 0.864. The summed E-state index contributed by atoms with van der Waals surface area (Å²) >= 11 is 12.4. The van der Waals surface area contributed by atoms with E-state index in [0.29, 0.717) is 34.3 Å². The van der Waals surface area contributed by atoms with E-state index in [1.165, 1.54) is 20.4 Å². The van der Waals surface area contributed by atoms with Gasteiger partial charge in [-0.1, -0.05) is 29.3 Å². The molecule has 2 aromatic rings. The number of aliphatic hydroxyl groups is 1. The van der Waals surface area contributed by atoms with Crippen LogP contribution in [0.5, 0.6) is 11.5 Å². The van der Waals surface area contributed by atoms with E-state index in [9.17, 15) is 5.11 Å². The monoisotopic (exact) mass is 330 g/mol. The summed E-state index contributed by atoms with van der Waals surface area (Å²) < 4.78 is 12.0. The number of methoxy groups -OCH3 is 2. The molecule has 1 aromatic carbocycles. The minimum atomic E-state index is -1.01. The van der Waals surface area contributed by atoms with Crippen LogP contribution in [0.3, 0.4) is 0 Å². The minimum Gasteiger partial charge on any atom is -0.493 e. The van der Waals surface area contributed by atoms with E-state index in [-0.39, 0.29) is 5.02 Å². The smallest absolute Gasteiger partial charge is 0.179 e. The molecule has 0 aliphatic carbocycles. The molecule has 2 rings (SSSR count). The first-order valence-corrected chi connectivity index (χ1v) is 7.10. The largest absolute Gasteiger partial charge is 0.493 e. The van der Waals surface area contributed by atoms with Gasteiger partial charge in [0, 0.05) is 12.1 Å². The van der Waals surface area contributed by atoms with Crippen LogP contribution in [0.2, 0.25) is 10.0 Å². The second-order valence-corrected chi connectivity index (χ2v) is 5.09. The zero-order valence-electron chi connectivity index (χ0n) is 11.9. The first kappa shape index (κ1) is 15.9. The number of nitrogens with zero attached hydrogens (tertiary/aromatic N) is 2. The zero-order valence-corrected chi connectivity index (χ0v) is 13.4. The van der Waals surface area contributed by atoms with Crippen molar-refractivity contribution in [2.75, 3.05) is 14.2 Å². The Kier molecular flexibility index (Phi) is 4.98. The third-order valence-electron chi connectivity index (χ3n) is 3.20. The van der Waals surface area contributed by atoms with Crippen molar-refractivity contribution < 1.29 is 14.6 Å². The van der Waals surface area contributed by atoms with Gasteiger partial charge in [0.2, 0.25) is 0 Å². The molecule has 0 bridgehead atoms. The molecule has 0 radical (unpaired) electrons. The molecule has 0 spiro atoms. The van der Waals surface area contributed by atoms with Crippen LogP contribution in [-0.2, 0) is 6.54 Å². The number of rotatable bonds is 5. The molecule has 0 saturated carbocycles. The summed E-state index contributed by atoms with van der Waals surface area (Å²) in [7, 11) is 3.01. The fourth-order valence-corrected chi connectivity index (χ4v) is 2.74. The normalized spacial score (nSPS) is 12.3. The summed E-state index contributed by atoms with van der Waals surface area (Å²) in [5, 5.41) is 15.4. The molecule has 0 aliphatic rings. The highest BCUT2D eigenvalue weighted by Crippen LogP contribution is 2.41. The molecular weight excluding hydrogens is 315 g/mol. The van der Waals surface area contributed by atoms with E-state index >= 15 is 0 Å². The van der Waals surface area contributed by atoms with Crippen molar-refractivity contribution >= 4 is 23.2 Å².